The average Bonchev–Trinajstić information content (AvgIpc) is 2.53. The van der Waals surface area contributed by atoms with E-state index in [0.717, 1.165) is 5.69 Å². The molecule has 1 fully saturated rings. The van der Waals surface area contributed by atoms with Crippen molar-refractivity contribution in [3.8, 4) is 0 Å². The molecule has 0 spiro atoms. The topological polar surface area (TPSA) is 29.5 Å². The molecule has 0 unspecified atom stereocenters. The van der Waals surface area contributed by atoms with Gasteiger partial charge in [0.1, 0.15) is 6.61 Å². The third-order valence-electron chi connectivity index (χ3n) is 1.90. The van der Waals surface area contributed by atoms with Crippen molar-refractivity contribution in [2.75, 3.05) is 18.1 Å². The van der Waals surface area contributed by atoms with Gasteiger partial charge in [0.15, 0.2) is 0 Å². The molecule has 1 aromatic rings. The van der Waals surface area contributed by atoms with E-state index in [9.17, 15) is 4.79 Å². The Bertz CT molecular complexity index is 323. The zero-order chi connectivity index (χ0) is 9.26. The highest BCUT2D eigenvalue weighted by molar-refractivity contribution is 6.30. The standard InChI is InChI=1S/C9H8ClNO2/c10-7-1-3-8(4-2-7)11-5-6-13-9(11)12/h1-4H,5-6H2. The van der Waals surface area contributed by atoms with E-state index in [0.29, 0.717) is 18.2 Å². The van der Waals surface area contributed by atoms with E-state index in [1.54, 1.807) is 29.2 Å². The summed E-state index contributed by atoms with van der Waals surface area (Å²) in [4.78, 5) is 12.7. The van der Waals surface area contributed by atoms with Gasteiger partial charge in [-0.3, -0.25) is 4.90 Å². The molecule has 1 heterocycles. The maximum atomic E-state index is 11.1. The Kier molecular flexibility index (Phi) is 2.10. The summed E-state index contributed by atoms with van der Waals surface area (Å²) in [5, 5.41) is 0.663. The SMILES string of the molecule is O=C1OCCN1c1ccc(Cl)cc1. The van der Waals surface area contributed by atoms with Crippen LogP contribution in [0, 0.1) is 0 Å². The zero-order valence-electron chi connectivity index (χ0n) is 6.87. The van der Waals surface area contributed by atoms with Crippen LogP contribution in [-0.2, 0) is 4.74 Å². The van der Waals surface area contributed by atoms with Crippen molar-refractivity contribution >= 4 is 23.4 Å². The second-order valence-corrected chi connectivity index (χ2v) is 3.18. The zero-order valence-corrected chi connectivity index (χ0v) is 7.62. The maximum Gasteiger partial charge on any atom is 0.414 e. The van der Waals surface area contributed by atoms with Crippen LogP contribution in [0.3, 0.4) is 0 Å². The molecule has 0 radical (unpaired) electrons. The van der Waals surface area contributed by atoms with Gasteiger partial charge in [0.2, 0.25) is 0 Å². The van der Waals surface area contributed by atoms with Crippen LogP contribution < -0.4 is 4.90 Å². The predicted octanol–water partition coefficient (Wildman–Crippen LogP) is 2.30. The van der Waals surface area contributed by atoms with Gasteiger partial charge < -0.3 is 4.74 Å². The average molecular weight is 198 g/mol. The van der Waals surface area contributed by atoms with Crippen LogP contribution in [0.25, 0.3) is 0 Å². The Morgan fingerprint density at radius 1 is 1.31 bits per heavy atom. The second kappa shape index (κ2) is 3.26. The lowest BCUT2D eigenvalue weighted by atomic mass is 10.3. The van der Waals surface area contributed by atoms with Gasteiger partial charge in [-0.1, -0.05) is 11.6 Å². The molecule has 3 nitrogen and oxygen atoms in total. The van der Waals surface area contributed by atoms with E-state index >= 15 is 0 Å². The first-order valence-electron chi connectivity index (χ1n) is 3.97. The Hall–Kier alpha value is -1.22. The summed E-state index contributed by atoms with van der Waals surface area (Å²) < 4.78 is 4.80. The highest BCUT2D eigenvalue weighted by atomic mass is 35.5. The van der Waals surface area contributed by atoms with Crippen LogP contribution in [0.5, 0.6) is 0 Å². The highest BCUT2D eigenvalue weighted by Crippen LogP contribution is 2.20. The number of anilines is 1. The molecular formula is C9H8ClNO2. The fraction of sp³-hybridized carbons (Fsp3) is 0.222. The molecule has 0 aromatic heterocycles. The number of ether oxygens (including phenoxy) is 1. The van der Waals surface area contributed by atoms with Crippen molar-refractivity contribution in [1.82, 2.24) is 0 Å². The molecule has 1 aromatic carbocycles. The van der Waals surface area contributed by atoms with Crippen LogP contribution >= 0.6 is 11.6 Å². The van der Waals surface area contributed by atoms with Crippen molar-refractivity contribution in [2.24, 2.45) is 0 Å². The van der Waals surface area contributed by atoms with E-state index in [1.165, 1.54) is 0 Å². The van der Waals surface area contributed by atoms with Crippen molar-refractivity contribution in [1.29, 1.82) is 0 Å². The number of cyclic esters (lactones) is 1. The third-order valence-corrected chi connectivity index (χ3v) is 2.15. The fourth-order valence-electron chi connectivity index (χ4n) is 1.25. The van der Waals surface area contributed by atoms with Gasteiger partial charge in [0.05, 0.1) is 6.54 Å². The summed E-state index contributed by atoms with van der Waals surface area (Å²) >= 11 is 5.72. The predicted molar refractivity (Wildman–Crippen MR) is 50.1 cm³/mol. The van der Waals surface area contributed by atoms with Crippen LogP contribution in [0.4, 0.5) is 10.5 Å². The molecular weight excluding hydrogens is 190 g/mol. The van der Waals surface area contributed by atoms with Crippen LogP contribution in [0.2, 0.25) is 5.02 Å². The lowest BCUT2D eigenvalue weighted by molar-refractivity contribution is 0.181. The Balaban J connectivity index is 2.25. The quantitative estimate of drug-likeness (QED) is 0.692. The molecule has 1 aliphatic rings. The first kappa shape index (κ1) is 8.38. The minimum Gasteiger partial charge on any atom is -0.447 e. The summed E-state index contributed by atoms with van der Waals surface area (Å²) in [6, 6.07) is 7.11. The number of carbonyl (C=O) groups excluding carboxylic acids is 1. The van der Waals surface area contributed by atoms with Gasteiger partial charge in [-0.15, -0.1) is 0 Å². The maximum absolute atomic E-state index is 11.1. The summed E-state index contributed by atoms with van der Waals surface area (Å²) in [5.41, 5.74) is 0.826. The lowest BCUT2D eigenvalue weighted by Gasteiger charge is -2.11. The number of hydrogen-bond donors (Lipinski definition) is 0. The number of nitrogens with zero attached hydrogens (tertiary/aromatic N) is 1. The van der Waals surface area contributed by atoms with Crippen LogP contribution in [-0.4, -0.2) is 19.2 Å². The van der Waals surface area contributed by atoms with E-state index in [-0.39, 0.29) is 6.09 Å². The summed E-state index contributed by atoms with van der Waals surface area (Å²) in [5.74, 6) is 0. The second-order valence-electron chi connectivity index (χ2n) is 2.74. The van der Waals surface area contributed by atoms with E-state index in [1.807, 2.05) is 0 Å². The molecule has 4 heteroatoms. The Morgan fingerprint density at radius 3 is 2.54 bits per heavy atom. The van der Waals surface area contributed by atoms with E-state index < -0.39 is 0 Å². The van der Waals surface area contributed by atoms with Gasteiger partial charge in [-0.05, 0) is 24.3 Å². The van der Waals surface area contributed by atoms with Gasteiger partial charge in [0, 0.05) is 10.7 Å². The van der Waals surface area contributed by atoms with E-state index in [4.69, 9.17) is 16.3 Å². The minimum atomic E-state index is -0.290. The molecule has 0 atom stereocenters. The smallest absolute Gasteiger partial charge is 0.414 e. The van der Waals surface area contributed by atoms with Gasteiger partial charge in [-0.2, -0.15) is 0 Å². The monoisotopic (exact) mass is 197 g/mol. The third kappa shape index (κ3) is 1.60. The van der Waals surface area contributed by atoms with Gasteiger partial charge in [-0.25, -0.2) is 4.79 Å². The first-order valence-corrected chi connectivity index (χ1v) is 4.35. The van der Waals surface area contributed by atoms with Gasteiger partial charge in [0.25, 0.3) is 0 Å². The minimum absolute atomic E-state index is 0.290. The number of halogens is 1. The molecule has 68 valence electrons. The largest absolute Gasteiger partial charge is 0.447 e. The first-order chi connectivity index (χ1) is 6.27. The normalized spacial score (nSPS) is 16.1. The number of amides is 1. The molecule has 1 saturated heterocycles. The molecule has 0 bridgehead atoms. The number of hydrogen-bond acceptors (Lipinski definition) is 2. The Morgan fingerprint density at radius 2 is 2.00 bits per heavy atom. The van der Waals surface area contributed by atoms with Gasteiger partial charge >= 0.3 is 6.09 Å². The molecule has 2 rings (SSSR count). The van der Waals surface area contributed by atoms with Crippen molar-refractivity contribution < 1.29 is 9.53 Å². The number of rotatable bonds is 1. The molecule has 1 amide bonds. The molecule has 1 aliphatic heterocycles. The van der Waals surface area contributed by atoms with Crippen LogP contribution in [0.15, 0.2) is 24.3 Å². The molecule has 13 heavy (non-hydrogen) atoms. The number of benzene rings is 1. The molecule has 0 aliphatic carbocycles. The summed E-state index contributed by atoms with van der Waals surface area (Å²) in [7, 11) is 0. The summed E-state index contributed by atoms with van der Waals surface area (Å²) in [6.07, 6.45) is -0.290. The van der Waals surface area contributed by atoms with Crippen molar-refractivity contribution in [3.63, 3.8) is 0 Å². The van der Waals surface area contributed by atoms with Crippen LogP contribution in [0.1, 0.15) is 0 Å². The fourth-order valence-corrected chi connectivity index (χ4v) is 1.37. The van der Waals surface area contributed by atoms with Crippen molar-refractivity contribution in [2.45, 2.75) is 0 Å². The van der Waals surface area contributed by atoms with Crippen molar-refractivity contribution in [3.05, 3.63) is 29.3 Å². The molecule has 0 saturated carbocycles. The molecule has 0 N–H and O–H groups in total. The summed E-state index contributed by atoms with van der Waals surface area (Å²) in [6.45, 7) is 1.07. The Labute approximate surface area is 80.9 Å². The highest BCUT2D eigenvalue weighted by Gasteiger charge is 2.22. The number of carbonyl (C=O) groups is 1. The lowest BCUT2D eigenvalue weighted by Crippen LogP contribution is -2.22. The van der Waals surface area contributed by atoms with E-state index in [2.05, 4.69) is 0 Å².